The number of methoxy groups -OCH3 is 2. The molecule has 1 aromatic carbocycles. The van der Waals surface area contributed by atoms with Crippen molar-refractivity contribution in [3.05, 3.63) is 18.2 Å². The van der Waals surface area contributed by atoms with Crippen LogP contribution in [0.25, 0.3) is 0 Å². The Hall–Kier alpha value is -2.12. The maximum atomic E-state index is 12.5. The minimum Gasteiger partial charge on any atom is -0.495 e. The molecule has 1 fully saturated rings. The topological polar surface area (TPSA) is 88.7 Å². The highest BCUT2D eigenvalue weighted by Crippen LogP contribution is 2.30. The fraction of sp³-hybridized carbons (Fsp3) is 0.579. The smallest absolute Gasteiger partial charge is 0.238 e. The second-order valence-corrected chi connectivity index (χ2v) is 6.46. The number of anilines is 2. The average molecular weight is 363 g/mol. The summed E-state index contributed by atoms with van der Waals surface area (Å²) in [5.41, 5.74) is 1.19. The van der Waals surface area contributed by atoms with Crippen LogP contribution in [0.3, 0.4) is 0 Å². The molecule has 1 aliphatic rings. The molecule has 0 radical (unpaired) electrons. The minimum absolute atomic E-state index is 0.0210. The number of ether oxygens (including phenoxy) is 2. The summed E-state index contributed by atoms with van der Waals surface area (Å²) in [7, 11) is 3.17. The Morgan fingerprint density at radius 2 is 1.88 bits per heavy atom. The van der Waals surface area contributed by atoms with E-state index in [4.69, 9.17) is 9.47 Å². The first kappa shape index (κ1) is 20.2. The molecule has 0 aromatic heterocycles. The molecular formula is C19H29N3O4. The molecule has 2 amide bonds. The molecule has 0 heterocycles. The lowest BCUT2D eigenvalue weighted by molar-refractivity contribution is -0.120. The number of benzene rings is 1. The second kappa shape index (κ2) is 10.8. The standard InChI is InChI=1S/C19H29N3O4/c1-25-11-10-20-13-18(23)21-15-8-9-17(26-2)16(12-15)22-19(24)14-6-4-3-5-7-14/h8-9,12,14,20H,3-7,10-11,13H2,1-2H3,(H,21,23)(H,22,24). The lowest BCUT2D eigenvalue weighted by Crippen LogP contribution is -2.30. The lowest BCUT2D eigenvalue weighted by Gasteiger charge is -2.21. The first-order valence-electron chi connectivity index (χ1n) is 9.12. The molecule has 1 aliphatic carbocycles. The molecule has 1 aromatic rings. The van der Waals surface area contributed by atoms with Crippen molar-refractivity contribution in [1.29, 1.82) is 0 Å². The van der Waals surface area contributed by atoms with Gasteiger partial charge >= 0.3 is 0 Å². The number of carbonyl (C=O) groups is 2. The van der Waals surface area contributed by atoms with Crippen molar-refractivity contribution in [3.63, 3.8) is 0 Å². The van der Waals surface area contributed by atoms with Crippen LogP contribution in [0.1, 0.15) is 32.1 Å². The van der Waals surface area contributed by atoms with E-state index in [2.05, 4.69) is 16.0 Å². The molecule has 0 spiro atoms. The van der Waals surface area contributed by atoms with Gasteiger partial charge in [-0.05, 0) is 31.0 Å². The van der Waals surface area contributed by atoms with Gasteiger partial charge in [-0.3, -0.25) is 9.59 Å². The van der Waals surface area contributed by atoms with Crippen molar-refractivity contribution in [2.75, 3.05) is 44.5 Å². The van der Waals surface area contributed by atoms with Crippen LogP contribution in [0.5, 0.6) is 5.75 Å². The molecule has 7 heteroatoms. The number of carbonyl (C=O) groups excluding carboxylic acids is 2. The Bertz CT molecular complexity index is 600. The Labute approximate surface area is 154 Å². The molecule has 144 valence electrons. The molecule has 0 unspecified atom stereocenters. The van der Waals surface area contributed by atoms with Crippen molar-refractivity contribution in [1.82, 2.24) is 5.32 Å². The van der Waals surface area contributed by atoms with Gasteiger partial charge in [0.1, 0.15) is 5.75 Å². The Kier molecular flexibility index (Phi) is 8.37. The zero-order valence-electron chi connectivity index (χ0n) is 15.6. The molecule has 0 aliphatic heterocycles. The largest absolute Gasteiger partial charge is 0.495 e. The molecule has 0 saturated heterocycles. The summed E-state index contributed by atoms with van der Waals surface area (Å²) in [6.07, 6.45) is 5.26. The molecule has 1 saturated carbocycles. The first-order valence-corrected chi connectivity index (χ1v) is 9.12. The third kappa shape index (κ3) is 6.31. The van der Waals surface area contributed by atoms with Crippen LogP contribution in [0, 0.1) is 5.92 Å². The van der Waals surface area contributed by atoms with Crippen LogP contribution in [0.4, 0.5) is 11.4 Å². The summed E-state index contributed by atoms with van der Waals surface area (Å²) >= 11 is 0. The summed E-state index contributed by atoms with van der Waals surface area (Å²) in [4.78, 5) is 24.5. The van der Waals surface area contributed by atoms with Crippen LogP contribution in [0.2, 0.25) is 0 Å². The van der Waals surface area contributed by atoms with Gasteiger partial charge in [-0.25, -0.2) is 0 Å². The monoisotopic (exact) mass is 363 g/mol. The summed E-state index contributed by atoms with van der Waals surface area (Å²) in [5.74, 6) is 0.491. The van der Waals surface area contributed by atoms with E-state index in [1.165, 1.54) is 6.42 Å². The number of hydrogen-bond donors (Lipinski definition) is 3. The van der Waals surface area contributed by atoms with Gasteiger partial charge in [-0.2, -0.15) is 0 Å². The van der Waals surface area contributed by atoms with Crippen molar-refractivity contribution < 1.29 is 19.1 Å². The average Bonchev–Trinajstić information content (AvgIpc) is 2.66. The van der Waals surface area contributed by atoms with E-state index in [0.29, 0.717) is 30.3 Å². The van der Waals surface area contributed by atoms with E-state index in [9.17, 15) is 9.59 Å². The van der Waals surface area contributed by atoms with Crippen LogP contribution in [-0.2, 0) is 14.3 Å². The lowest BCUT2D eigenvalue weighted by atomic mass is 9.88. The van der Waals surface area contributed by atoms with Crippen molar-refractivity contribution in [2.45, 2.75) is 32.1 Å². The molecule has 2 rings (SSSR count). The molecule has 0 atom stereocenters. The van der Waals surface area contributed by atoms with Gasteiger partial charge in [0, 0.05) is 25.3 Å². The minimum atomic E-state index is -0.157. The van der Waals surface area contributed by atoms with Gasteiger partial charge < -0.3 is 25.4 Å². The maximum absolute atomic E-state index is 12.5. The number of amides is 2. The quantitative estimate of drug-likeness (QED) is 0.586. The van der Waals surface area contributed by atoms with E-state index in [0.717, 1.165) is 25.7 Å². The van der Waals surface area contributed by atoms with Crippen LogP contribution >= 0.6 is 0 Å². The summed E-state index contributed by atoms with van der Waals surface area (Å²) in [6, 6.07) is 5.22. The van der Waals surface area contributed by atoms with E-state index >= 15 is 0 Å². The van der Waals surface area contributed by atoms with E-state index < -0.39 is 0 Å². The number of nitrogens with one attached hydrogen (secondary N) is 3. The Morgan fingerprint density at radius 1 is 1.12 bits per heavy atom. The molecule has 3 N–H and O–H groups in total. The summed E-state index contributed by atoms with van der Waals surface area (Å²) in [5, 5.41) is 8.76. The first-order chi connectivity index (χ1) is 12.6. The zero-order chi connectivity index (χ0) is 18.8. The van der Waals surface area contributed by atoms with Crippen LogP contribution in [-0.4, -0.2) is 45.7 Å². The summed E-state index contributed by atoms with van der Waals surface area (Å²) < 4.78 is 10.3. The Morgan fingerprint density at radius 3 is 2.58 bits per heavy atom. The highest BCUT2D eigenvalue weighted by Gasteiger charge is 2.22. The van der Waals surface area contributed by atoms with Crippen molar-refractivity contribution in [3.8, 4) is 5.75 Å². The highest BCUT2D eigenvalue weighted by atomic mass is 16.5. The van der Waals surface area contributed by atoms with E-state index in [1.54, 1.807) is 32.4 Å². The molecular weight excluding hydrogens is 334 g/mol. The summed E-state index contributed by atoms with van der Waals surface area (Å²) in [6.45, 7) is 1.35. The van der Waals surface area contributed by atoms with Gasteiger partial charge in [0.15, 0.2) is 0 Å². The van der Waals surface area contributed by atoms with Gasteiger partial charge in [0.25, 0.3) is 0 Å². The highest BCUT2D eigenvalue weighted by molar-refractivity contribution is 5.96. The van der Waals surface area contributed by atoms with Gasteiger partial charge in [-0.15, -0.1) is 0 Å². The number of rotatable bonds is 9. The van der Waals surface area contributed by atoms with Crippen molar-refractivity contribution in [2.24, 2.45) is 5.92 Å². The van der Waals surface area contributed by atoms with Gasteiger partial charge in [-0.1, -0.05) is 19.3 Å². The zero-order valence-corrected chi connectivity index (χ0v) is 15.6. The normalized spacial score (nSPS) is 14.7. The predicted molar refractivity (Wildman–Crippen MR) is 102 cm³/mol. The third-order valence-corrected chi connectivity index (χ3v) is 4.49. The van der Waals surface area contributed by atoms with E-state index in [-0.39, 0.29) is 24.3 Å². The van der Waals surface area contributed by atoms with Crippen molar-refractivity contribution >= 4 is 23.2 Å². The van der Waals surface area contributed by atoms with Gasteiger partial charge in [0.2, 0.25) is 11.8 Å². The van der Waals surface area contributed by atoms with Crippen LogP contribution < -0.4 is 20.7 Å². The fourth-order valence-corrected chi connectivity index (χ4v) is 3.06. The maximum Gasteiger partial charge on any atom is 0.238 e. The molecule has 0 bridgehead atoms. The van der Waals surface area contributed by atoms with Gasteiger partial charge in [0.05, 0.1) is 25.9 Å². The SMILES string of the molecule is COCCNCC(=O)Nc1ccc(OC)c(NC(=O)C2CCCCC2)c1. The molecule has 26 heavy (non-hydrogen) atoms. The number of hydrogen-bond acceptors (Lipinski definition) is 5. The van der Waals surface area contributed by atoms with E-state index in [1.807, 2.05) is 0 Å². The Balaban J connectivity index is 1.96. The van der Waals surface area contributed by atoms with Crippen LogP contribution in [0.15, 0.2) is 18.2 Å². The fourth-order valence-electron chi connectivity index (χ4n) is 3.06. The third-order valence-electron chi connectivity index (χ3n) is 4.49. The molecule has 7 nitrogen and oxygen atoms in total. The predicted octanol–water partition coefficient (Wildman–Crippen LogP) is 2.39. The second-order valence-electron chi connectivity index (χ2n) is 6.46.